The van der Waals surface area contributed by atoms with Gasteiger partial charge in [0, 0.05) is 34.3 Å². The highest BCUT2D eigenvalue weighted by Crippen LogP contribution is 2.34. The van der Waals surface area contributed by atoms with Crippen LogP contribution in [-0.4, -0.2) is 36.4 Å². The maximum absolute atomic E-state index is 14.0. The average Bonchev–Trinajstić information content (AvgIpc) is 3.10. The average molecular weight is 674 g/mol. The fourth-order valence-electron chi connectivity index (χ4n) is 5.64. The number of rotatable bonds is 10. The van der Waals surface area contributed by atoms with Crippen LogP contribution in [0.15, 0.2) is 102 Å². The van der Waals surface area contributed by atoms with Crippen molar-refractivity contribution in [2.75, 3.05) is 19.5 Å². The smallest absolute Gasteiger partial charge is 0.337 e. The molecule has 5 rings (SSSR count). The highest BCUT2D eigenvalue weighted by atomic mass is 35.5. The summed E-state index contributed by atoms with van der Waals surface area (Å²) in [7, 11) is 2.72. The summed E-state index contributed by atoms with van der Waals surface area (Å²) < 4.78 is 11.8. The number of ether oxygens (including phenoxy) is 2. The van der Waals surface area contributed by atoms with E-state index in [0.29, 0.717) is 38.5 Å². The summed E-state index contributed by atoms with van der Waals surface area (Å²) in [6, 6.07) is 26.6. The number of Topliss-reactive ketones (excluding diaryl/α,β-unsaturated/α-hetero) is 1. The second-order valence-electron chi connectivity index (χ2n) is 11.4. The Morgan fingerprint density at radius 1 is 0.898 bits per heavy atom. The number of carbonyl (C=O) groups excluding carboxylic acids is 3. The zero-order valence-electron chi connectivity index (χ0n) is 27.2. The van der Waals surface area contributed by atoms with Crippen molar-refractivity contribution < 1.29 is 23.9 Å². The Labute approximate surface area is 288 Å². The molecule has 0 fully saturated rings. The minimum Gasteiger partial charge on any atom is -0.495 e. The Hall–Kier alpha value is -5.98. The van der Waals surface area contributed by atoms with Crippen LogP contribution in [-0.2, 0) is 16.0 Å². The van der Waals surface area contributed by atoms with E-state index in [2.05, 4.69) is 11.4 Å². The molecule has 246 valence electrons. The molecule has 0 aliphatic heterocycles. The summed E-state index contributed by atoms with van der Waals surface area (Å²) in [5.41, 5.74) is 5.59. The monoisotopic (exact) mass is 673 g/mol. The van der Waals surface area contributed by atoms with Gasteiger partial charge >= 0.3 is 5.97 Å². The summed E-state index contributed by atoms with van der Waals surface area (Å²) >= 11 is 6.28. The number of aromatic nitrogens is 1. The van der Waals surface area contributed by atoms with Crippen LogP contribution in [0.3, 0.4) is 0 Å². The first-order valence-electron chi connectivity index (χ1n) is 15.2. The molecule has 0 radical (unpaired) electrons. The lowest BCUT2D eigenvalue weighted by Gasteiger charge is -2.22. The van der Waals surface area contributed by atoms with E-state index in [1.165, 1.54) is 50.1 Å². The molecule has 0 saturated carbocycles. The number of pyridine rings is 1. The molecule has 0 aliphatic carbocycles. The van der Waals surface area contributed by atoms with Gasteiger partial charge in [-0.05, 0) is 96.3 Å². The van der Waals surface area contributed by atoms with E-state index in [0.717, 1.165) is 22.3 Å². The van der Waals surface area contributed by atoms with Crippen molar-refractivity contribution >= 4 is 34.9 Å². The second kappa shape index (κ2) is 14.8. The lowest BCUT2D eigenvalue weighted by atomic mass is 9.96. The normalized spacial score (nSPS) is 11.3. The van der Waals surface area contributed by atoms with E-state index in [4.69, 9.17) is 21.1 Å². The fourth-order valence-corrected chi connectivity index (χ4v) is 5.81. The second-order valence-corrected chi connectivity index (χ2v) is 11.8. The summed E-state index contributed by atoms with van der Waals surface area (Å²) in [6.07, 6.45) is 1.60. The standard InChI is InChI=1S/C39H32ClN3O6/c1-23-17-26(21-41)7-15-31(23)27-8-5-25(6-9-27)18-35(38(46)42-30-13-10-28(11-14-30)39(47)49-4)43-22-36(48-3)34(20-37(43)45)33-19-29(40)12-16-32(33)24(2)44/h5-17,19-20,22,35H,18H2,1-4H3,(H,42,46). The molecule has 1 unspecified atom stereocenters. The van der Waals surface area contributed by atoms with E-state index in [-0.39, 0.29) is 18.0 Å². The van der Waals surface area contributed by atoms with Crippen LogP contribution in [0.4, 0.5) is 5.69 Å². The van der Waals surface area contributed by atoms with Crippen molar-refractivity contribution in [2.45, 2.75) is 26.3 Å². The SMILES string of the molecule is COC(=O)c1ccc(NC(=O)C(Cc2ccc(-c3ccc(C#N)cc3C)cc2)n2cc(OC)c(-c3cc(Cl)ccc3C(C)=O)cc2=O)cc1. The van der Waals surface area contributed by atoms with Gasteiger partial charge in [-0.15, -0.1) is 0 Å². The van der Waals surface area contributed by atoms with Crippen molar-refractivity contribution in [1.29, 1.82) is 5.26 Å². The van der Waals surface area contributed by atoms with Crippen LogP contribution in [0.5, 0.6) is 5.75 Å². The Morgan fingerprint density at radius 2 is 1.61 bits per heavy atom. The summed E-state index contributed by atoms with van der Waals surface area (Å²) in [5.74, 6) is -0.951. The minimum absolute atomic E-state index is 0.136. The number of benzene rings is 4. The zero-order chi connectivity index (χ0) is 35.2. The van der Waals surface area contributed by atoms with E-state index in [1.54, 1.807) is 36.4 Å². The molecule has 10 heteroatoms. The number of halogens is 1. The van der Waals surface area contributed by atoms with E-state index in [1.807, 2.05) is 43.3 Å². The van der Waals surface area contributed by atoms with Crippen molar-refractivity contribution in [3.8, 4) is 34.1 Å². The highest BCUT2D eigenvalue weighted by Gasteiger charge is 2.25. The van der Waals surface area contributed by atoms with Crippen LogP contribution in [0.1, 0.15) is 50.4 Å². The van der Waals surface area contributed by atoms with Crippen LogP contribution in [0, 0.1) is 18.3 Å². The third-order valence-corrected chi connectivity index (χ3v) is 8.41. The molecule has 0 bridgehead atoms. The van der Waals surface area contributed by atoms with Crippen LogP contribution in [0.25, 0.3) is 22.3 Å². The zero-order valence-corrected chi connectivity index (χ0v) is 28.0. The Balaban J connectivity index is 1.55. The molecule has 1 amide bonds. The third kappa shape index (κ3) is 7.61. The molecule has 1 heterocycles. The van der Waals surface area contributed by atoms with Gasteiger partial charge in [-0.25, -0.2) is 4.79 Å². The van der Waals surface area contributed by atoms with E-state index >= 15 is 0 Å². The fraction of sp³-hybridized carbons (Fsp3) is 0.154. The number of nitrogens with zero attached hydrogens (tertiary/aromatic N) is 2. The third-order valence-electron chi connectivity index (χ3n) is 8.18. The number of nitriles is 1. The van der Waals surface area contributed by atoms with Gasteiger partial charge in [0.15, 0.2) is 5.78 Å². The van der Waals surface area contributed by atoms with Crippen LogP contribution in [0.2, 0.25) is 5.02 Å². The van der Waals surface area contributed by atoms with Crippen molar-refractivity contribution in [1.82, 2.24) is 4.57 Å². The Morgan fingerprint density at radius 3 is 2.22 bits per heavy atom. The topological polar surface area (TPSA) is 127 Å². The highest BCUT2D eigenvalue weighted by molar-refractivity contribution is 6.31. The number of hydrogen-bond acceptors (Lipinski definition) is 7. The first-order chi connectivity index (χ1) is 23.5. The largest absolute Gasteiger partial charge is 0.495 e. The van der Waals surface area contributed by atoms with E-state index < -0.39 is 23.5 Å². The first kappa shape index (κ1) is 34.4. The molecule has 1 N–H and O–H groups in total. The predicted molar refractivity (Wildman–Crippen MR) is 188 cm³/mol. The number of esters is 1. The number of amides is 1. The molecule has 1 atom stereocenters. The van der Waals surface area contributed by atoms with Crippen molar-refractivity contribution in [2.24, 2.45) is 0 Å². The van der Waals surface area contributed by atoms with Gasteiger partial charge < -0.3 is 14.8 Å². The lowest BCUT2D eigenvalue weighted by molar-refractivity contribution is -0.119. The number of nitrogens with one attached hydrogen (secondary N) is 1. The van der Waals surface area contributed by atoms with Crippen LogP contribution >= 0.6 is 11.6 Å². The summed E-state index contributed by atoms with van der Waals surface area (Å²) in [4.78, 5) is 52.2. The Kier molecular flexibility index (Phi) is 10.4. The maximum Gasteiger partial charge on any atom is 0.337 e. The maximum atomic E-state index is 14.0. The van der Waals surface area contributed by atoms with Gasteiger partial charge in [-0.1, -0.05) is 41.9 Å². The molecule has 0 saturated heterocycles. The van der Waals surface area contributed by atoms with Crippen molar-refractivity contribution in [3.63, 3.8) is 0 Å². The van der Waals surface area contributed by atoms with Crippen molar-refractivity contribution in [3.05, 3.63) is 140 Å². The molecule has 49 heavy (non-hydrogen) atoms. The number of hydrogen-bond donors (Lipinski definition) is 1. The number of ketones is 1. The van der Waals surface area contributed by atoms with E-state index in [9.17, 15) is 24.4 Å². The molecule has 4 aromatic carbocycles. The van der Waals surface area contributed by atoms with Gasteiger partial charge in [-0.2, -0.15) is 5.26 Å². The number of methoxy groups -OCH3 is 2. The molecule has 9 nitrogen and oxygen atoms in total. The molecule has 5 aromatic rings. The Bertz CT molecular complexity index is 2170. The minimum atomic E-state index is -1.04. The quantitative estimate of drug-likeness (QED) is 0.121. The molecule has 0 spiro atoms. The molecule has 1 aromatic heterocycles. The first-order valence-corrected chi connectivity index (χ1v) is 15.6. The number of anilines is 1. The van der Waals surface area contributed by atoms with Gasteiger partial charge in [0.2, 0.25) is 5.91 Å². The number of carbonyl (C=O) groups is 3. The molecular formula is C39H32ClN3O6. The predicted octanol–water partition coefficient (Wildman–Crippen LogP) is 7.44. The van der Waals surface area contributed by atoms with Gasteiger partial charge in [-0.3, -0.25) is 19.0 Å². The molecular weight excluding hydrogens is 642 g/mol. The van der Waals surface area contributed by atoms with Gasteiger partial charge in [0.1, 0.15) is 11.8 Å². The van der Waals surface area contributed by atoms with Crippen LogP contribution < -0.4 is 15.6 Å². The van der Waals surface area contributed by atoms with Gasteiger partial charge in [0.25, 0.3) is 5.56 Å². The lowest BCUT2D eigenvalue weighted by Crippen LogP contribution is -2.34. The van der Waals surface area contributed by atoms with Gasteiger partial charge in [0.05, 0.1) is 37.6 Å². The number of aryl methyl sites for hydroxylation is 1. The summed E-state index contributed by atoms with van der Waals surface area (Å²) in [5, 5.41) is 12.5. The summed E-state index contributed by atoms with van der Waals surface area (Å²) in [6.45, 7) is 3.36. The molecule has 0 aliphatic rings.